The second-order valence-electron chi connectivity index (χ2n) is 7.56. The van der Waals surface area contributed by atoms with E-state index in [1.807, 2.05) is 12.1 Å². The van der Waals surface area contributed by atoms with Crippen LogP contribution < -0.4 is 4.74 Å². The molecule has 0 aliphatic rings. The normalized spacial score (nSPS) is 12.6. The van der Waals surface area contributed by atoms with Crippen LogP contribution in [-0.2, 0) is 12.8 Å². The van der Waals surface area contributed by atoms with E-state index in [0.717, 1.165) is 29.5 Å². The van der Waals surface area contributed by atoms with E-state index < -0.39 is 23.4 Å². The van der Waals surface area contributed by atoms with Gasteiger partial charge in [0.15, 0.2) is 0 Å². The maximum absolute atomic E-state index is 13.7. The largest absolute Gasteiger partial charge is 0.489 e. The molecule has 0 saturated heterocycles. The van der Waals surface area contributed by atoms with E-state index in [1.54, 1.807) is 12.1 Å². The van der Waals surface area contributed by atoms with Gasteiger partial charge in [0.05, 0.1) is 0 Å². The number of halogens is 5. The molecule has 0 aromatic heterocycles. The highest BCUT2D eigenvalue weighted by Crippen LogP contribution is 2.35. The highest BCUT2D eigenvalue weighted by molar-refractivity contribution is 5.64. The minimum Gasteiger partial charge on any atom is -0.489 e. The summed E-state index contributed by atoms with van der Waals surface area (Å²) in [4.78, 5) is 0. The zero-order chi connectivity index (χ0) is 22.6. The lowest BCUT2D eigenvalue weighted by molar-refractivity contribution is -0.142. The van der Waals surface area contributed by atoms with Crippen molar-refractivity contribution in [2.24, 2.45) is 0 Å². The first-order chi connectivity index (χ1) is 14.7. The maximum atomic E-state index is 13.7. The summed E-state index contributed by atoms with van der Waals surface area (Å²) in [6, 6.07) is 16.9. The second-order valence-corrected chi connectivity index (χ2v) is 7.56. The molecular formula is C25H23F5O. The molecular weight excluding hydrogens is 411 g/mol. The average molecular weight is 434 g/mol. The van der Waals surface area contributed by atoms with Crippen molar-refractivity contribution in [3.8, 4) is 16.9 Å². The van der Waals surface area contributed by atoms with Crippen LogP contribution in [0.2, 0.25) is 0 Å². The summed E-state index contributed by atoms with van der Waals surface area (Å²) in [6.45, 7) is 4.35. The predicted molar refractivity (Wildman–Crippen MR) is 111 cm³/mol. The summed E-state index contributed by atoms with van der Waals surface area (Å²) in [5, 5.41) is 0. The fraction of sp³-hybridized carbons (Fsp3) is 0.280. The van der Waals surface area contributed by atoms with Crippen LogP contribution in [-0.4, -0.2) is 0 Å². The van der Waals surface area contributed by atoms with E-state index in [4.69, 9.17) is 4.74 Å². The second kappa shape index (κ2) is 9.50. The lowest BCUT2D eigenvalue weighted by Gasteiger charge is -2.13. The fourth-order valence-corrected chi connectivity index (χ4v) is 3.47. The Kier molecular flexibility index (Phi) is 6.98. The number of benzene rings is 3. The van der Waals surface area contributed by atoms with E-state index >= 15 is 0 Å². The number of hydrogen-bond acceptors (Lipinski definition) is 1. The van der Waals surface area contributed by atoms with Crippen molar-refractivity contribution in [3.05, 3.63) is 89.0 Å². The molecule has 6 heteroatoms. The average Bonchev–Trinajstić information content (AvgIpc) is 2.71. The molecule has 0 amide bonds. The van der Waals surface area contributed by atoms with Crippen molar-refractivity contribution < 1.29 is 26.7 Å². The third-order valence-electron chi connectivity index (χ3n) is 5.19. The van der Waals surface area contributed by atoms with Gasteiger partial charge in [0.2, 0.25) is 0 Å². The summed E-state index contributed by atoms with van der Waals surface area (Å²) >= 11 is 0. The maximum Gasteiger partial charge on any atom is 0.422 e. The van der Waals surface area contributed by atoms with E-state index in [0.29, 0.717) is 18.1 Å². The summed E-state index contributed by atoms with van der Waals surface area (Å²) in [7, 11) is 0. The zero-order valence-electron chi connectivity index (χ0n) is 17.3. The lowest BCUT2D eigenvalue weighted by Crippen LogP contribution is -2.11. The van der Waals surface area contributed by atoms with Crippen molar-refractivity contribution in [1.29, 1.82) is 0 Å². The van der Waals surface area contributed by atoms with Gasteiger partial charge in [-0.1, -0.05) is 68.8 Å². The van der Waals surface area contributed by atoms with Crippen LogP contribution in [0.1, 0.15) is 49.3 Å². The van der Waals surface area contributed by atoms with Crippen LogP contribution in [0.15, 0.2) is 60.7 Å². The summed E-state index contributed by atoms with van der Waals surface area (Å²) < 4.78 is 70.5. The first-order valence-corrected chi connectivity index (χ1v) is 10.1. The topological polar surface area (TPSA) is 9.23 Å². The van der Waals surface area contributed by atoms with Crippen molar-refractivity contribution in [2.45, 2.75) is 45.4 Å². The molecule has 3 aromatic rings. The van der Waals surface area contributed by atoms with E-state index in [2.05, 4.69) is 38.1 Å². The zero-order valence-corrected chi connectivity index (χ0v) is 17.3. The Labute approximate surface area is 178 Å². The minimum atomic E-state index is -5.10. The van der Waals surface area contributed by atoms with Gasteiger partial charge < -0.3 is 4.74 Å². The Balaban J connectivity index is 1.66. The Morgan fingerprint density at radius 3 is 1.84 bits per heavy atom. The SMILES string of the molecule is CCCC(C)c1ccc(-c2ccc(COc3cc(F)c(C(F)(F)F)c(F)c3)cc2)cc1. The first kappa shape index (κ1) is 22.8. The molecule has 0 fully saturated rings. The van der Waals surface area contributed by atoms with Crippen LogP contribution in [0, 0.1) is 11.6 Å². The van der Waals surface area contributed by atoms with Gasteiger partial charge in [-0.15, -0.1) is 0 Å². The van der Waals surface area contributed by atoms with Gasteiger partial charge in [0, 0.05) is 12.1 Å². The molecule has 0 spiro atoms. The third kappa shape index (κ3) is 5.63. The number of ether oxygens (including phenoxy) is 1. The van der Waals surface area contributed by atoms with Crippen LogP contribution >= 0.6 is 0 Å². The summed E-state index contributed by atoms with van der Waals surface area (Å²) in [5.74, 6) is -3.19. The van der Waals surface area contributed by atoms with Crippen LogP contribution in [0.3, 0.4) is 0 Å². The molecule has 3 rings (SSSR count). The quantitative estimate of drug-likeness (QED) is 0.341. The highest BCUT2D eigenvalue weighted by atomic mass is 19.4. The van der Waals surface area contributed by atoms with E-state index in [9.17, 15) is 22.0 Å². The third-order valence-corrected chi connectivity index (χ3v) is 5.19. The van der Waals surface area contributed by atoms with Gasteiger partial charge in [0.1, 0.15) is 29.6 Å². The highest BCUT2D eigenvalue weighted by Gasteiger charge is 2.38. The lowest BCUT2D eigenvalue weighted by atomic mass is 9.94. The van der Waals surface area contributed by atoms with Gasteiger partial charge in [-0.05, 0) is 34.6 Å². The van der Waals surface area contributed by atoms with Gasteiger partial charge in [-0.3, -0.25) is 0 Å². The standard InChI is InChI=1S/C25H23F5O/c1-3-4-16(2)18-9-11-20(12-10-18)19-7-5-17(6-8-19)15-31-21-13-22(26)24(23(27)14-21)25(28,29)30/h5-14,16H,3-4,15H2,1-2H3. The van der Waals surface area contributed by atoms with Crippen LogP contribution in [0.4, 0.5) is 22.0 Å². The smallest absolute Gasteiger partial charge is 0.422 e. The Hall–Kier alpha value is -2.89. The van der Waals surface area contributed by atoms with Crippen LogP contribution in [0.5, 0.6) is 5.75 Å². The fourth-order valence-electron chi connectivity index (χ4n) is 3.47. The molecule has 164 valence electrons. The molecule has 3 aromatic carbocycles. The van der Waals surface area contributed by atoms with Crippen molar-refractivity contribution in [1.82, 2.24) is 0 Å². The number of rotatable bonds is 7. The molecule has 0 N–H and O–H groups in total. The van der Waals surface area contributed by atoms with Crippen molar-refractivity contribution >= 4 is 0 Å². The Bertz CT molecular complexity index is 985. The molecule has 31 heavy (non-hydrogen) atoms. The molecule has 0 radical (unpaired) electrons. The number of alkyl halides is 3. The van der Waals surface area contributed by atoms with E-state index in [-0.39, 0.29) is 12.4 Å². The Morgan fingerprint density at radius 2 is 1.35 bits per heavy atom. The van der Waals surface area contributed by atoms with Gasteiger partial charge in [-0.2, -0.15) is 13.2 Å². The molecule has 1 atom stereocenters. The van der Waals surface area contributed by atoms with Gasteiger partial charge in [-0.25, -0.2) is 8.78 Å². The molecule has 0 bridgehead atoms. The Morgan fingerprint density at radius 1 is 0.839 bits per heavy atom. The first-order valence-electron chi connectivity index (χ1n) is 10.1. The summed E-state index contributed by atoms with van der Waals surface area (Å²) in [6.07, 6.45) is -2.83. The number of hydrogen-bond donors (Lipinski definition) is 0. The molecule has 0 aliphatic carbocycles. The van der Waals surface area contributed by atoms with Crippen molar-refractivity contribution in [2.75, 3.05) is 0 Å². The van der Waals surface area contributed by atoms with Gasteiger partial charge >= 0.3 is 6.18 Å². The van der Waals surface area contributed by atoms with Gasteiger partial charge in [0.25, 0.3) is 0 Å². The van der Waals surface area contributed by atoms with Crippen molar-refractivity contribution in [3.63, 3.8) is 0 Å². The summed E-state index contributed by atoms with van der Waals surface area (Å²) in [5.41, 5.74) is 2.17. The molecule has 1 nitrogen and oxygen atoms in total. The molecule has 1 unspecified atom stereocenters. The van der Waals surface area contributed by atoms with Crippen LogP contribution in [0.25, 0.3) is 11.1 Å². The molecule has 0 saturated carbocycles. The molecule has 0 heterocycles. The minimum absolute atomic E-state index is 0.0298. The monoisotopic (exact) mass is 434 g/mol. The van der Waals surface area contributed by atoms with E-state index in [1.165, 1.54) is 5.56 Å². The molecule has 0 aliphatic heterocycles. The predicted octanol–water partition coefficient (Wildman–Crippen LogP) is 8.13.